The fourth-order valence-electron chi connectivity index (χ4n) is 2.11. The molecular weight excluding hydrogens is 322 g/mol. The molecule has 1 heterocycles. The second-order valence-corrected chi connectivity index (χ2v) is 7.12. The van der Waals surface area contributed by atoms with Gasteiger partial charge in [-0.3, -0.25) is 4.72 Å². The van der Waals surface area contributed by atoms with Gasteiger partial charge in [-0.2, -0.15) is 0 Å². The zero-order valence-electron chi connectivity index (χ0n) is 11.6. The highest BCUT2D eigenvalue weighted by Crippen LogP contribution is 2.27. The van der Waals surface area contributed by atoms with Crippen molar-refractivity contribution in [3.05, 3.63) is 52.9 Å². The molecule has 1 aromatic heterocycles. The minimum absolute atomic E-state index is 0.0890. The number of rotatable bonds is 4. The third kappa shape index (κ3) is 2.75. The molecule has 0 aliphatic rings. The van der Waals surface area contributed by atoms with Crippen LogP contribution in [0.4, 0.5) is 5.69 Å². The van der Waals surface area contributed by atoms with Crippen molar-refractivity contribution in [2.24, 2.45) is 0 Å². The quantitative estimate of drug-likeness (QED) is 0.638. The van der Waals surface area contributed by atoms with Crippen LogP contribution < -0.4 is 10.4 Å². The second kappa shape index (κ2) is 5.54. The molecule has 3 N–H and O–H groups in total. The molecule has 0 spiro atoms. The molecule has 0 aliphatic carbocycles. The number of H-pyrrole nitrogens is 2. The van der Waals surface area contributed by atoms with Gasteiger partial charge in [0.25, 0.3) is 10.0 Å². The molecule has 0 aliphatic heterocycles. The number of anilines is 1. The number of aromatic amines is 2. The standard InChI is InChI=1S/C14H13N3O3S2/c1-21-13-5-3-2-4-11(13)17-22(19,20)9-6-7-10-12(8-9)16-14(18)15-10/h2-8,17H,1H3,(H2,15,16,18). The molecule has 0 saturated heterocycles. The van der Waals surface area contributed by atoms with Crippen molar-refractivity contribution in [2.45, 2.75) is 9.79 Å². The van der Waals surface area contributed by atoms with Crippen LogP contribution in [0.2, 0.25) is 0 Å². The van der Waals surface area contributed by atoms with Crippen molar-refractivity contribution >= 4 is 38.5 Å². The molecular formula is C14H13N3O3S2. The lowest BCUT2D eigenvalue weighted by Crippen LogP contribution is -2.13. The van der Waals surface area contributed by atoms with Crippen molar-refractivity contribution < 1.29 is 8.42 Å². The topological polar surface area (TPSA) is 94.8 Å². The maximum atomic E-state index is 12.5. The van der Waals surface area contributed by atoms with E-state index in [4.69, 9.17) is 0 Å². The summed E-state index contributed by atoms with van der Waals surface area (Å²) in [4.78, 5) is 17.3. The third-order valence-electron chi connectivity index (χ3n) is 3.15. The predicted molar refractivity (Wildman–Crippen MR) is 88.0 cm³/mol. The molecule has 0 atom stereocenters. The van der Waals surface area contributed by atoms with Gasteiger partial charge in [0.05, 0.1) is 21.6 Å². The largest absolute Gasteiger partial charge is 0.323 e. The van der Waals surface area contributed by atoms with Gasteiger partial charge < -0.3 is 9.97 Å². The summed E-state index contributed by atoms with van der Waals surface area (Å²) < 4.78 is 27.6. The van der Waals surface area contributed by atoms with E-state index in [1.165, 1.54) is 23.9 Å². The highest BCUT2D eigenvalue weighted by Gasteiger charge is 2.16. The first kappa shape index (κ1) is 14.7. The minimum atomic E-state index is -3.73. The van der Waals surface area contributed by atoms with Crippen LogP contribution >= 0.6 is 11.8 Å². The van der Waals surface area contributed by atoms with Crippen LogP contribution in [-0.2, 0) is 10.0 Å². The van der Waals surface area contributed by atoms with Crippen molar-refractivity contribution in [3.63, 3.8) is 0 Å². The smallest absolute Gasteiger partial charge is 0.306 e. The minimum Gasteiger partial charge on any atom is -0.306 e. The molecule has 2 aromatic carbocycles. The summed E-state index contributed by atoms with van der Waals surface area (Å²) in [6, 6.07) is 11.6. The van der Waals surface area contributed by atoms with Crippen LogP contribution in [0, 0.1) is 0 Å². The van der Waals surface area contributed by atoms with Gasteiger partial charge in [-0.25, -0.2) is 13.2 Å². The number of hydrogen-bond acceptors (Lipinski definition) is 4. The van der Waals surface area contributed by atoms with E-state index in [0.29, 0.717) is 16.7 Å². The van der Waals surface area contributed by atoms with E-state index in [1.54, 1.807) is 18.2 Å². The second-order valence-electron chi connectivity index (χ2n) is 4.59. The van der Waals surface area contributed by atoms with Crippen LogP contribution in [0.5, 0.6) is 0 Å². The molecule has 0 saturated carbocycles. The average molecular weight is 335 g/mol. The van der Waals surface area contributed by atoms with E-state index in [9.17, 15) is 13.2 Å². The lowest BCUT2D eigenvalue weighted by Gasteiger charge is -2.11. The van der Waals surface area contributed by atoms with Crippen molar-refractivity contribution in [1.82, 2.24) is 9.97 Å². The number of para-hydroxylation sites is 1. The summed E-state index contributed by atoms with van der Waals surface area (Å²) in [7, 11) is -3.73. The van der Waals surface area contributed by atoms with Crippen molar-refractivity contribution in [2.75, 3.05) is 11.0 Å². The van der Waals surface area contributed by atoms with E-state index >= 15 is 0 Å². The number of nitrogens with one attached hydrogen (secondary N) is 3. The van der Waals surface area contributed by atoms with Crippen LogP contribution in [-0.4, -0.2) is 24.6 Å². The van der Waals surface area contributed by atoms with Crippen LogP contribution in [0.3, 0.4) is 0 Å². The molecule has 3 aromatic rings. The summed E-state index contributed by atoms with van der Waals surface area (Å²) in [6.45, 7) is 0. The van der Waals surface area contributed by atoms with Gasteiger partial charge in [0.15, 0.2) is 0 Å². The maximum Gasteiger partial charge on any atom is 0.323 e. The van der Waals surface area contributed by atoms with Crippen LogP contribution in [0.15, 0.2) is 57.1 Å². The molecule has 0 fully saturated rings. The molecule has 22 heavy (non-hydrogen) atoms. The normalized spacial score (nSPS) is 11.7. The monoisotopic (exact) mass is 335 g/mol. The first-order valence-electron chi connectivity index (χ1n) is 6.37. The Labute approximate surface area is 131 Å². The fourth-order valence-corrected chi connectivity index (χ4v) is 3.84. The molecule has 0 amide bonds. The van der Waals surface area contributed by atoms with E-state index in [0.717, 1.165) is 4.90 Å². The lowest BCUT2D eigenvalue weighted by atomic mass is 10.3. The van der Waals surface area contributed by atoms with E-state index in [1.807, 2.05) is 18.4 Å². The molecule has 3 rings (SSSR count). The molecule has 6 nitrogen and oxygen atoms in total. The number of benzene rings is 2. The lowest BCUT2D eigenvalue weighted by molar-refractivity contribution is 0.601. The zero-order valence-corrected chi connectivity index (χ0v) is 13.2. The van der Waals surface area contributed by atoms with Crippen LogP contribution in [0.1, 0.15) is 0 Å². The van der Waals surface area contributed by atoms with E-state index < -0.39 is 10.0 Å². The number of sulfonamides is 1. The third-order valence-corrected chi connectivity index (χ3v) is 5.31. The number of imidazole rings is 1. The van der Waals surface area contributed by atoms with Gasteiger partial charge in [0, 0.05) is 4.90 Å². The molecule has 114 valence electrons. The Bertz CT molecular complexity index is 990. The summed E-state index contributed by atoms with van der Waals surface area (Å²) in [5.41, 5.74) is 1.17. The van der Waals surface area contributed by atoms with Crippen LogP contribution in [0.25, 0.3) is 11.0 Å². The van der Waals surface area contributed by atoms with Gasteiger partial charge in [-0.15, -0.1) is 11.8 Å². The van der Waals surface area contributed by atoms with Gasteiger partial charge in [0.2, 0.25) is 0 Å². The Hall–Kier alpha value is -2.19. The maximum absolute atomic E-state index is 12.5. The molecule has 8 heteroatoms. The van der Waals surface area contributed by atoms with Gasteiger partial charge in [0.1, 0.15) is 0 Å². The Morgan fingerprint density at radius 3 is 2.55 bits per heavy atom. The SMILES string of the molecule is CSc1ccccc1NS(=O)(=O)c1ccc2[nH]c(=O)[nH]c2c1. The highest BCUT2D eigenvalue weighted by atomic mass is 32.2. The molecule has 0 bridgehead atoms. The number of thioether (sulfide) groups is 1. The van der Waals surface area contributed by atoms with Gasteiger partial charge in [-0.1, -0.05) is 12.1 Å². The first-order chi connectivity index (χ1) is 10.5. The number of hydrogen-bond donors (Lipinski definition) is 3. The first-order valence-corrected chi connectivity index (χ1v) is 9.08. The Morgan fingerprint density at radius 1 is 1.05 bits per heavy atom. The zero-order chi connectivity index (χ0) is 15.7. The van der Waals surface area contributed by atoms with Crippen molar-refractivity contribution in [3.8, 4) is 0 Å². The predicted octanol–water partition coefficient (Wildman–Crippen LogP) is 2.38. The summed E-state index contributed by atoms with van der Waals surface area (Å²) in [5, 5.41) is 0. The fraction of sp³-hybridized carbons (Fsp3) is 0.0714. The number of fused-ring (bicyclic) bond motifs is 1. The Kier molecular flexibility index (Phi) is 3.71. The molecule has 0 radical (unpaired) electrons. The van der Waals surface area contributed by atoms with Gasteiger partial charge >= 0.3 is 5.69 Å². The summed E-state index contributed by atoms with van der Waals surface area (Å²) >= 11 is 1.46. The highest BCUT2D eigenvalue weighted by molar-refractivity contribution is 7.99. The van der Waals surface area contributed by atoms with E-state index in [2.05, 4.69) is 14.7 Å². The number of aromatic nitrogens is 2. The van der Waals surface area contributed by atoms with Crippen molar-refractivity contribution in [1.29, 1.82) is 0 Å². The average Bonchev–Trinajstić information content (AvgIpc) is 2.86. The summed E-state index contributed by atoms with van der Waals surface area (Å²) in [5.74, 6) is 0. The Morgan fingerprint density at radius 2 is 1.77 bits per heavy atom. The Balaban J connectivity index is 2.02. The van der Waals surface area contributed by atoms with Gasteiger partial charge in [-0.05, 0) is 36.6 Å². The summed E-state index contributed by atoms with van der Waals surface area (Å²) in [6.07, 6.45) is 1.88. The molecule has 0 unspecified atom stereocenters. The van der Waals surface area contributed by atoms with E-state index in [-0.39, 0.29) is 10.6 Å².